The molecule has 0 nitrogen and oxygen atoms in total. The van der Waals surface area contributed by atoms with Gasteiger partial charge in [0.1, 0.15) is 5.41 Å². The second-order valence-electron chi connectivity index (χ2n) is 3.91. The Labute approximate surface area is 118 Å². The second kappa shape index (κ2) is 7.45. The minimum Gasteiger partial charge on any atom is -0.0991 e. The van der Waals surface area contributed by atoms with E-state index in [-0.39, 0.29) is 10.9 Å². The summed E-state index contributed by atoms with van der Waals surface area (Å²) in [5, 5.41) is 2.24. The van der Waals surface area contributed by atoms with E-state index >= 15 is 0 Å². The van der Waals surface area contributed by atoms with E-state index in [1.807, 2.05) is 12.2 Å². The molecule has 0 fully saturated rings. The summed E-state index contributed by atoms with van der Waals surface area (Å²) in [6.45, 7) is 3.68. The van der Waals surface area contributed by atoms with Crippen molar-refractivity contribution in [3.05, 3.63) is 97.0 Å². The highest BCUT2D eigenvalue weighted by atomic mass is 32.2. The predicted molar refractivity (Wildman–Crippen MR) is 85.3 cm³/mol. The van der Waals surface area contributed by atoms with Gasteiger partial charge in [-0.1, -0.05) is 61.2 Å². The lowest BCUT2D eigenvalue weighted by molar-refractivity contribution is 1.39. The maximum absolute atomic E-state index is 3.68. The molecule has 2 aromatic carbocycles. The molecule has 0 heterocycles. The Morgan fingerprint density at radius 2 is 1.21 bits per heavy atom. The van der Waals surface area contributed by atoms with Gasteiger partial charge < -0.3 is 0 Å². The van der Waals surface area contributed by atoms with Crippen LogP contribution in [0.25, 0.3) is 0 Å². The molecule has 0 aliphatic heterocycles. The van der Waals surface area contributed by atoms with E-state index in [9.17, 15) is 0 Å². The number of allylic oxidation sites excluding steroid dienone is 4. The van der Waals surface area contributed by atoms with Gasteiger partial charge in [0.15, 0.2) is 9.79 Å². The standard InChI is InChI=1S/C18H17S/c1-2-3-4-11-16-19(17-12-7-5-8-13-17)18-14-9-6-10-15-18/h2-16H,1H2/q+1/b4-3+,16-11+. The van der Waals surface area contributed by atoms with Crippen LogP contribution in [0.3, 0.4) is 0 Å². The van der Waals surface area contributed by atoms with Crippen molar-refractivity contribution in [1.82, 2.24) is 0 Å². The monoisotopic (exact) mass is 265 g/mol. The summed E-state index contributed by atoms with van der Waals surface area (Å²) in [6.07, 6.45) is 7.82. The highest BCUT2D eigenvalue weighted by molar-refractivity contribution is 7.99. The van der Waals surface area contributed by atoms with Crippen molar-refractivity contribution in [2.45, 2.75) is 9.79 Å². The van der Waals surface area contributed by atoms with Gasteiger partial charge in [-0.3, -0.25) is 0 Å². The summed E-state index contributed by atoms with van der Waals surface area (Å²) in [5.41, 5.74) is 0. The summed E-state index contributed by atoms with van der Waals surface area (Å²) in [6, 6.07) is 21.2. The van der Waals surface area contributed by atoms with Crippen LogP contribution in [0.4, 0.5) is 0 Å². The zero-order chi connectivity index (χ0) is 13.3. The van der Waals surface area contributed by atoms with Crippen molar-refractivity contribution in [2.24, 2.45) is 0 Å². The third-order valence-corrected chi connectivity index (χ3v) is 4.56. The number of hydrogen-bond donors (Lipinski definition) is 0. The Morgan fingerprint density at radius 3 is 1.68 bits per heavy atom. The number of benzene rings is 2. The highest BCUT2D eigenvalue weighted by Crippen LogP contribution is 2.24. The van der Waals surface area contributed by atoms with Crippen molar-refractivity contribution in [2.75, 3.05) is 0 Å². The summed E-state index contributed by atoms with van der Waals surface area (Å²) < 4.78 is 0. The average molecular weight is 265 g/mol. The van der Waals surface area contributed by atoms with E-state index in [2.05, 4.69) is 78.7 Å². The fraction of sp³-hybridized carbons (Fsp3) is 0. The Balaban J connectivity index is 2.31. The van der Waals surface area contributed by atoms with Crippen LogP contribution in [0.5, 0.6) is 0 Å². The molecule has 0 N–H and O–H groups in total. The molecule has 0 spiro atoms. The molecule has 0 unspecified atom stereocenters. The van der Waals surface area contributed by atoms with Gasteiger partial charge in [0.25, 0.3) is 0 Å². The van der Waals surface area contributed by atoms with Gasteiger partial charge in [-0.2, -0.15) is 0 Å². The predicted octanol–water partition coefficient (Wildman–Crippen LogP) is 4.98. The lowest BCUT2D eigenvalue weighted by Crippen LogP contribution is -1.98. The molecule has 0 aliphatic rings. The van der Waals surface area contributed by atoms with Crippen LogP contribution < -0.4 is 0 Å². The molecule has 2 aromatic rings. The minimum atomic E-state index is -0.0208. The quantitative estimate of drug-likeness (QED) is 0.528. The van der Waals surface area contributed by atoms with Crippen LogP contribution in [0.2, 0.25) is 0 Å². The van der Waals surface area contributed by atoms with Gasteiger partial charge >= 0.3 is 0 Å². The summed E-state index contributed by atoms with van der Waals surface area (Å²) in [5.74, 6) is 0. The maximum Gasteiger partial charge on any atom is 0.165 e. The molecule has 2 rings (SSSR count). The van der Waals surface area contributed by atoms with Gasteiger partial charge in [-0.15, -0.1) is 0 Å². The third-order valence-electron chi connectivity index (χ3n) is 2.57. The summed E-state index contributed by atoms with van der Waals surface area (Å²) in [4.78, 5) is 2.66. The number of rotatable bonds is 5. The lowest BCUT2D eigenvalue weighted by atomic mass is 10.4. The molecule has 0 bridgehead atoms. The Hall–Kier alpha value is -1.99. The van der Waals surface area contributed by atoms with Crippen LogP contribution in [0, 0.1) is 0 Å². The van der Waals surface area contributed by atoms with E-state index in [0.717, 1.165) is 0 Å². The molecule has 0 atom stereocenters. The van der Waals surface area contributed by atoms with E-state index in [4.69, 9.17) is 0 Å². The van der Waals surface area contributed by atoms with Crippen molar-refractivity contribution in [1.29, 1.82) is 0 Å². The van der Waals surface area contributed by atoms with Gasteiger partial charge in [-0.05, 0) is 30.3 Å². The fourth-order valence-corrected chi connectivity index (χ4v) is 3.43. The summed E-state index contributed by atoms with van der Waals surface area (Å²) in [7, 11) is -0.0208. The first-order chi connectivity index (χ1) is 9.42. The largest absolute Gasteiger partial charge is 0.165 e. The Morgan fingerprint density at radius 1 is 0.684 bits per heavy atom. The fourth-order valence-electron chi connectivity index (χ4n) is 1.69. The molecule has 0 radical (unpaired) electrons. The zero-order valence-electron chi connectivity index (χ0n) is 10.8. The topological polar surface area (TPSA) is 0 Å². The molecule has 0 aliphatic carbocycles. The lowest BCUT2D eigenvalue weighted by Gasteiger charge is -2.02. The molecule has 94 valence electrons. The van der Waals surface area contributed by atoms with Gasteiger partial charge in [0.2, 0.25) is 0 Å². The first kappa shape index (κ1) is 13.4. The Kier molecular flexibility index (Phi) is 5.27. The van der Waals surface area contributed by atoms with Crippen LogP contribution in [0.1, 0.15) is 0 Å². The third kappa shape index (κ3) is 4.01. The summed E-state index contributed by atoms with van der Waals surface area (Å²) >= 11 is 0. The van der Waals surface area contributed by atoms with Crippen molar-refractivity contribution < 1.29 is 0 Å². The van der Waals surface area contributed by atoms with Gasteiger partial charge in [0, 0.05) is 0 Å². The van der Waals surface area contributed by atoms with Crippen LogP contribution in [0.15, 0.2) is 107 Å². The minimum absolute atomic E-state index is 0.0208. The average Bonchev–Trinajstić information content (AvgIpc) is 2.49. The van der Waals surface area contributed by atoms with Crippen LogP contribution in [-0.4, -0.2) is 0 Å². The maximum atomic E-state index is 3.68. The first-order valence-corrected chi connectivity index (χ1v) is 7.49. The van der Waals surface area contributed by atoms with E-state index in [0.29, 0.717) is 0 Å². The van der Waals surface area contributed by atoms with Crippen molar-refractivity contribution >= 4 is 10.9 Å². The molecule has 1 heteroatoms. The van der Waals surface area contributed by atoms with Gasteiger partial charge in [-0.25, -0.2) is 0 Å². The zero-order valence-corrected chi connectivity index (χ0v) is 11.6. The highest BCUT2D eigenvalue weighted by Gasteiger charge is 2.21. The van der Waals surface area contributed by atoms with Crippen molar-refractivity contribution in [3.8, 4) is 0 Å². The molecule has 19 heavy (non-hydrogen) atoms. The molecule has 0 amide bonds. The smallest absolute Gasteiger partial charge is 0.0991 e. The Bertz CT molecular complexity index is 513. The van der Waals surface area contributed by atoms with Gasteiger partial charge in [0.05, 0.1) is 10.9 Å². The van der Waals surface area contributed by atoms with Crippen LogP contribution >= 0.6 is 0 Å². The number of hydrogen-bond acceptors (Lipinski definition) is 0. The molecular formula is C18H17S+. The molecule has 0 saturated heterocycles. The second-order valence-corrected chi connectivity index (χ2v) is 5.80. The normalized spacial score (nSPS) is 11.4. The van der Waals surface area contributed by atoms with E-state index < -0.39 is 0 Å². The van der Waals surface area contributed by atoms with Crippen molar-refractivity contribution in [3.63, 3.8) is 0 Å². The molecule has 0 aromatic heterocycles. The SMILES string of the molecule is C=C/C=C/C=C/[S+](c1ccccc1)c1ccccc1. The van der Waals surface area contributed by atoms with E-state index in [1.165, 1.54) is 9.79 Å². The molecule has 0 saturated carbocycles. The van der Waals surface area contributed by atoms with E-state index in [1.54, 1.807) is 6.08 Å². The first-order valence-electron chi connectivity index (χ1n) is 6.21. The van der Waals surface area contributed by atoms with Crippen LogP contribution in [-0.2, 0) is 10.9 Å². The molecular weight excluding hydrogens is 248 g/mol.